The number of rotatable bonds is 7. The summed E-state index contributed by atoms with van der Waals surface area (Å²) in [5.74, 6) is 0.849. The van der Waals surface area contributed by atoms with Crippen LogP contribution in [0.15, 0.2) is 0 Å². The van der Waals surface area contributed by atoms with E-state index in [9.17, 15) is 0 Å². The van der Waals surface area contributed by atoms with Crippen molar-refractivity contribution in [1.82, 2.24) is 10.6 Å². The third kappa shape index (κ3) is 4.27. The zero-order valence-electron chi connectivity index (χ0n) is 11.1. The Morgan fingerprint density at radius 1 is 1.38 bits per heavy atom. The highest BCUT2D eigenvalue weighted by atomic mass is 32.2. The van der Waals surface area contributed by atoms with Gasteiger partial charge in [-0.3, -0.25) is 0 Å². The van der Waals surface area contributed by atoms with Crippen LogP contribution in [0.3, 0.4) is 0 Å². The van der Waals surface area contributed by atoms with Crippen LogP contribution in [-0.2, 0) is 0 Å². The van der Waals surface area contributed by atoms with E-state index in [1.54, 1.807) is 0 Å². The molecule has 1 atom stereocenters. The Kier molecular flexibility index (Phi) is 6.78. The average Bonchev–Trinajstić information content (AvgIpc) is 2.37. The van der Waals surface area contributed by atoms with Gasteiger partial charge in [0.05, 0.1) is 0 Å². The molecule has 1 aliphatic rings. The van der Waals surface area contributed by atoms with Crippen LogP contribution >= 0.6 is 11.8 Å². The predicted octanol–water partition coefficient (Wildman–Crippen LogP) is 2.50. The molecule has 96 valence electrons. The molecular weight excluding hydrogens is 216 g/mol. The lowest BCUT2D eigenvalue weighted by Gasteiger charge is -2.31. The first-order valence-corrected chi connectivity index (χ1v) is 7.95. The highest BCUT2D eigenvalue weighted by Crippen LogP contribution is 2.29. The quantitative estimate of drug-likeness (QED) is 0.719. The largest absolute Gasteiger partial charge is 0.316 e. The van der Waals surface area contributed by atoms with Crippen LogP contribution in [0.25, 0.3) is 0 Å². The first-order chi connectivity index (χ1) is 7.76. The van der Waals surface area contributed by atoms with Gasteiger partial charge in [-0.05, 0) is 57.5 Å². The van der Waals surface area contributed by atoms with Gasteiger partial charge in [-0.25, -0.2) is 0 Å². The number of thioether (sulfide) groups is 1. The molecule has 2 N–H and O–H groups in total. The Balaban J connectivity index is 2.21. The molecule has 0 saturated carbocycles. The average molecular weight is 244 g/mol. The van der Waals surface area contributed by atoms with Crippen LogP contribution in [0.1, 0.15) is 39.5 Å². The molecule has 16 heavy (non-hydrogen) atoms. The van der Waals surface area contributed by atoms with Crippen LogP contribution in [-0.4, -0.2) is 37.2 Å². The van der Waals surface area contributed by atoms with E-state index in [0.717, 1.165) is 12.5 Å². The third-order valence-electron chi connectivity index (χ3n) is 4.00. The van der Waals surface area contributed by atoms with Crippen LogP contribution in [0.4, 0.5) is 0 Å². The van der Waals surface area contributed by atoms with Crippen molar-refractivity contribution < 1.29 is 0 Å². The lowest BCUT2D eigenvalue weighted by molar-refractivity contribution is 0.351. The maximum absolute atomic E-state index is 3.69. The minimum atomic E-state index is 0.460. The highest BCUT2D eigenvalue weighted by molar-refractivity contribution is 8.00. The first-order valence-electron chi connectivity index (χ1n) is 6.73. The van der Waals surface area contributed by atoms with Crippen LogP contribution in [0.2, 0.25) is 0 Å². The molecule has 1 saturated heterocycles. The Hall–Kier alpha value is 0.270. The van der Waals surface area contributed by atoms with Gasteiger partial charge in [0.15, 0.2) is 0 Å². The molecule has 0 aromatic rings. The first kappa shape index (κ1) is 14.3. The summed E-state index contributed by atoms with van der Waals surface area (Å²) in [5.41, 5.74) is 0. The van der Waals surface area contributed by atoms with Gasteiger partial charge in [-0.1, -0.05) is 13.8 Å². The molecule has 1 heterocycles. The van der Waals surface area contributed by atoms with Gasteiger partial charge >= 0.3 is 0 Å². The molecule has 1 unspecified atom stereocenters. The smallest absolute Gasteiger partial charge is 0.0276 e. The van der Waals surface area contributed by atoms with E-state index in [1.165, 1.54) is 45.3 Å². The molecule has 0 radical (unpaired) electrons. The molecule has 1 aliphatic heterocycles. The maximum Gasteiger partial charge on any atom is 0.0276 e. The molecule has 1 fully saturated rings. The number of hydrogen-bond acceptors (Lipinski definition) is 3. The summed E-state index contributed by atoms with van der Waals surface area (Å²) in [6.07, 6.45) is 7.52. The topological polar surface area (TPSA) is 24.1 Å². The van der Waals surface area contributed by atoms with Crippen molar-refractivity contribution in [3.05, 3.63) is 0 Å². The summed E-state index contributed by atoms with van der Waals surface area (Å²) in [6.45, 7) is 9.40. The third-order valence-corrected chi connectivity index (χ3v) is 5.59. The van der Waals surface area contributed by atoms with Crippen molar-refractivity contribution in [3.8, 4) is 0 Å². The second kappa shape index (κ2) is 7.57. The van der Waals surface area contributed by atoms with Crippen molar-refractivity contribution in [3.63, 3.8) is 0 Å². The van der Waals surface area contributed by atoms with E-state index in [-0.39, 0.29) is 0 Å². The molecule has 2 nitrogen and oxygen atoms in total. The van der Waals surface area contributed by atoms with Crippen LogP contribution in [0, 0.1) is 5.92 Å². The second-order valence-electron chi connectivity index (χ2n) is 4.94. The second-order valence-corrected chi connectivity index (χ2v) is 6.21. The molecular formula is C13H28N2S. The summed E-state index contributed by atoms with van der Waals surface area (Å²) in [5, 5.41) is 7.17. The minimum Gasteiger partial charge on any atom is -0.316 e. The standard InChI is InChI=1S/C13H28N2S/c1-4-13(5-2,16-3)11-15-10-12-7-6-8-14-9-12/h12,14-15H,4-11H2,1-3H3. The summed E-state index contributed by atoms with van der Waals surface area (Å²) in [7, 11) is 0. The summed E-state index contributed by atoms with van der Waals surface area (Å²) in [6, 6.07) is 0. The number of piperidine rings is 1. The number of nitrogens with one attached hydrogen (secondary N) is 2. The van der Waals surface area contributed by atoms with Gasteiger partial charge in [0, 0.05) is 11.3 Å². The van der Waals surface area contributed by atoms with E-state index < -0.39 is 0 Å². The van der Waals surface area contributed by atoms with Gasteiger partial charge in [0.25, 0.3) is 0 Å². The Morgan fingerprint density at radius 3 is 2.62 bits per heavy atom. The summed E-state index contributed by atoms with van der Waals surface area (Å²) in [4.78, 5) is 0. The van der Waals surface area contributed by atoms with Crippen LogP contribution in [0.5, 0.6) is 0 Å². The molecule has 0 aromatic carbocycles. The fourth-order valence-corrected chi connectivity index (χ4v) is 3.29. The minimum absolute atomic E-state index is 0.460. The van der Waals surface area contributed by atoms with Gasteiger partial charge in [0.1, 0.15) is 0 Å². The number of hydrogen-bond donors (Lipinski definition) is 2. The lowest BCUT2D eigenvalue weighted by atomic mass is 9.98. The van der Waals surface area contributed by atoms with Crippen molar-refractivity contribution in [2.24, 2.45) is 5.92 Å². The predicted molar refractivity (Wildman–Crippen MR) is 75.3 cm³/mol. The molecule has 0 aromatic heterocycles. The van der Waals surface area contributed by atoms with Gasteiger partial charge in [-0.2, -0.15) is 11.8 Å². The van der Waals surface area contributed by atoms with E-state index >= 15 is 0 Å². The van der Waals surface area contributed by atoms with Crippen molar-refractivity contribution in [1.29, 1.82) is 0 Å². The normalized spacial score (nSPS) is 22.3. The highest BCUT2D eigenvalue weighted by Gasteiger charge is 2.24. The Labute approximate surface area is 105 Å². The van der Waals surface area contributed by atoms with E-state index in [2.05, 4.69) is 30.7 Å². The Bertz CT molecular complexity index is 167. The summed E-state index contributed by atoms with van der Waals surface area (Å²) >= 11 is 2.03. The summed E-state index contributed by atoms with van der Waals surface area (Å²) < 4.78 is 0.460. The van der Waals surface area contributed by atoms with Crippen LogP contribution < -0.4 is 10.6 Å². The fourth-order valence-electron chi connectivity index (χ4n) is 2.46. The fraction of sp³-hybridized carbons (Fsp3) is 1.00. The van der Waals surface area contributed by atoms with Gasteiger partial charge in [0.2, 0.25) is 0 Å². The monoisotopic (exact) mass is 244 g/mol. The van der Waals surface area contributed by atoms with Gasteiger partial charge < -0.3 is 10.6 Å². The van der Waals surface area contributed by atoms with E-state index in [0.29, 0.717) is 4.75 Å². The molecule has 0 amide bonds. The molecule has 0 spiro atoms. The zero-order chi connectivity index (χ0) is 11.9. The maximum atomic E-state index is 3.69. The zero-order valence-corrected chi connectivity index (χ0v) is 12.0. The Morgan fingerprint density at radius 2 is 2.12 bits per heavy atom. The van der Waals surface area contributed by atoms with Gasteiger partial charge in [-0.15, -0.1) is 0 Å². The van der Waals surface area contributed by atoms with E-state index in [4.69, 9.17) is 0 Å². The molecule has 3 heteroatoms. The van der Waals surface area contributed by atoms with Crippen molar-refractivity contribution >= 4 is 11.8 Å². The SMILES string of the molecule is CCC(CC)(CNCC1CCCNC1)SC. The lowest BCUT2D eigenvalue weighted by Crippen LogP contribution is -2.41. The van der Waals surface area contributed by atoms with Crippen molar-refractivity contribution in [2.45, 2.75) is 44.3 Å². The molecule has 1 rings (SSSR count). The van der Waals surface area contributed by atoms with Crippen molar-refractivity contribution in [2.75, 3.05) is 32.4 Å². The molecule has 0 bridgehead atoms. The van der Waals surface area contributed by atoms with E-state index in [1.807, 2.05) is 11.8 Å². The molecule has 0 aliphatic carbocycles.